The van der Waals surface area contributed by atoms with Gasteiger partial charge < -0.3 is 19.9 Å². The lowest BCUT2D eigenvalue weighted by atomic mass is 10.1. The van der Waals surface area contributed by atoms with Gasteiger partial charge in [-0.15, -0.1) is 0 Å². The fourth-order valence-electron chi connectivity index (χ4n) is 1.52. The molecule has 4 heteroatoms. The van der Waals surface area contributed by atoms with Crippen molar-refractivity contribution < 1.29 is 14.6 Å². The van der Waals surface area contributed by atoms with Crippen LogP contribution in [0.2, 0.25) is 0 Å². The molecular formula is C14H31NO3. The molecule has 18 heavy (non-hydrogen) atoms. The molecule has 0 heterocycles. The highest BCUT2D eigenvalue weighted by Gasteiger charge is 2.16. The zero-order valence-electron chi connectivity index (χ0n) is 12.5. The molecule has 4 nitrogen and oxygen atoms in total. The van der Waals surface area contributed by atoms with E-state index in [2.05, 4.69) is 12.2 Å². The Labute approximate surface area is 112 Å². The van der Waals surface area contributed by atoms with Crippen LogP contribution in [0.25, 0.3) is 0 Å². The van der Waals surface area contributed by atoms with E-state index in [0.29, 0.717) is 13.2 Å². The number of ether oxygens (including phenoxy) is 2. The van der Waals surface area contributed by atoms with Crippen molar-refractivity contribution in [3.63, 3.8) is 0 Å². The average Bonchev–Trinajstić information content (AvgIpc) is 2.33. The molecule has 1 atom stereocenters. The number of hydrogen-bond acceptors (Lipinski definition) is 4. The topological polar surface area (TPSA) is 50.7 Å². The van der Waals surface area contributed by atoms with E-state index in [9.17, 15) is 5.11 Å². The van der Waals surface area contributed by atoms with Crippen molar-refractivity contribution in [2.45, 2.75) is 58.2 Å². The monoisotopic (exact) mass is 261 g/mol. The summed E-state index contributed by atoms with van der Waals surface area (Å²) in [5.74, 6) is 0. The van der Waals surface area contributed by atoms with Gasteiger partial charge in [-0.1, -0.05) is 26.2 Å². The van der Waals surface area contributed by atoms with Gasteiger partial charge in [-0.05, 0) is 20.3 Å². The molecule has 110 valence electrons. The number of rotatable bonds is 12. The predicted octanol–water partition coefficient (Wildman–Crippen LogP) is 1.96. The molecule has 0 radical (unpaired) electrons. The molecule has 0 aliphatic carbocycles. The number of unbranched alkanes of at least 4 members (excludes halogenated alkanes) is 3. The third kappa shape index (κ3) is 11.0. The first-order chi connectivity index (χ1) is 8.52. The van der Waals surface area contributed by atoms with Gasteiger partial charge in [0.05, 0.1) is 18.3 Å². The Balaban J connectivity index is 3.35. The summed E-state index contributed by atoms with van der Waals surface area (Å²) < 4.78 is 10.7. The van der Waals surface area contributed by atoms with Crippen LogP contribution in [0.3, 0.4) is 0 Å². The molecule has 0 spiro atoms. The maximum Gasteiger partial charge on any atom is 0.0897 e. The molecule has 0 aromatic rings. The van der Waals surface area contributed by atoms with Crippen LogP contribution < -0.4 is 5.32 Å². The van der Waals surface area contributed by atoms with Gasteiger partial charge in [-0.25, -0.2) is 0 Å². The Kier molecular flexibility index (Phi) is 10.6. The van der Waals surface area contributed by atoms with Gasteiger partial charge in [-0.2, -0.15) is 0 Å². The summed E-state index contributed by atoms with van der Waals surface area (Å²) in [5.41, 5.74) is -0.194. The van der Waals surface area contributed by atoms with Gasteiger partial charge in [0.15, 0.2) is 0 Å². The molecule has 0 saturated carbocycles. The highest BCUT2D eigenvalue weighted by molar-refractivity contribution is 4.72. The van der Waals surface area contributed by atoms with Crippen molar-refractivity contribution >= 4 is 0 Å². The zero-order chi connectivity index (χ0) is 13.9. The third-order valence-corrected chi connectivity index (χ3v) is 2.94. The Morgan fingerprint density at radius 3 is 2.56 bits per heavy atom. The van der Waals surface area contributed by atoms with E-state index in [4.69, 9.17) is 9.47 Å². The number of nitrogens with one attached hydrogen (secondary N) is 1. The van der Waals surface area contributed by atoms with Gasteiger partial charge in [-0.3, -0.25) is 0 Å². The second kappa shape index (κ2) is 10.7. The van der Waals surface area contributed by atoms with Crippen LogP contribution in [-0.4, -0.2) is 50.2 Å². The molecule has 0 rings (SSSR count). The Hall–Kier alpha value is -0.160. The van der Waals surface area contributed by atoms with Crippen molar-refractivity contribution in [3.8, 4) is 0 Å². The number of aliphatic hydroxyl groups excluding tert-OH is 1. The van der Waals surface area contributed by atoms with E-state index < -0.39 is 6.10 Å². The van der Waals surface area contributed by atoms with Crippen molar-refractivity contribution in [1.82, 2.24) is 5.32 Å². The summed E-state index contributed by atoms with van der Waals surface area (Å²) in [6.07, 6.45) is 4.36. The van der Waals surface area contributed by atoms with Gasteiger partial charge in [0.25, 0.3) is 0 Å². The van der Waals surface area contributed by atoms with Gasteiger partial charge in [0, 0.05) is 26.8 Å². The first-order valence-electron chi connectivity index (χ1n) is 7.03. The largest absolute Gasteiger partial charge is 0.389 e. The molecule has 0 aromatic carbocycles. The highest BCUT2D eigenvalue weighted by atomic mass is 16.5. The zero-order valence-corrected chi connectivity index (χ0v) is 12.5. The summed E-state index contributed by atoms with van der Waals surface area (Å²) in [5, 5.41) is 12.9. The van der Waals surface area contributed by atoms with Crippen LogP contribution >= 0.6 is 0 Å². The van der Waals surface area contributed by atoms with E-state index >= 15 is 0 Å². The lowest BCUT2D eigenvalue weighted by molar-refractivity contribution is 0.0115. The normalized spacial score (nSPS) is 13.8. The Morgan fingerprint density at radius 2 is 1.94 bits per heavy atom. The molecule has 0 aliphatic rings. The fraction of sp³-hybridized carbons (Fsp3) is 1.00. The minimum absolute atomic E-state index is 0.194. The molecule has 0 amide bonds. The number of methoxy groups -OCH3 is 1. The molecule has 1 unspecified atom stereocenters. The average molecular weight is 261 g/mol. The van der Waals surface area contributed by atoms with Crippen molar-refractivity contribution in [1.29, 1.82) is 0 Å². The maximum atomic E-state index is 9.69. The van der Waals surface area contributed by atoms with E-state index in [1.54, 1.807) is 7.11 Å². The van der Waals surface area contributed by atoms with E-state index in [-0.39, 0.29) is 5.60 Å². The summed E-state index contributed by atoms with van der Waals surface area (Å²) >= 11 is 0. The lowest BCUT2D eigenvalue weighted by Crippen LogP contribution is -2.40. The number of aliphatic hydroxyl groups is 1. The minimum Gasteiger partial charge on any atom is -0.389 e. The smallest absolute Gasteiger partial charge is 0.0897 e. The van der Waals surface area contributed by atoms with Crippen LogP contribution in [0.15, 0.2) is 0 Å². The van der Waals surface area contributed by atoms with Gasteiger partial charge >= 0.3 is 0 Å². The van der Waals surface area contributed by atoms with E-state index in [1.165, 1.54) is 19.3 Å². The van der Waals surface area contributed by atoms with E-state index in [1.807, 2.05) is 13.8 Å². The first kappa shape index (κ1) is 17.8. The van der Waals surface area contributed by atoms with Crippen molar-refractivity contribution in [2.24, 2.45) is 0 Å². The van der Waals surface area contributed by atoms with Gasteiger partial charge in [0.1, 0.15) is 0 Å². The van der Waals surface area contributed by atoms with Crippen LogP contribution in [0.1, 0.15) is 46.5 Å². The Morgan fingerprint density at radius 1 is 1.22 bits per heavy atom. The molecule has 0 aliphatic heterocycles. The summed E-state index contributed by atoms with van der Waals surface area (Å²) in [6, 6.07) is 0. The first-order valence-corrected chi connectivity index (χ1v) is 7.03. The quantitative estimate of drug-likeness (QED) is 0.527. The molecular weight excluding hydrogens is 230 g/mol. The van der Waals surface area contributed by atoms with Crippen LogP contribution in [-0.2, 0) is 9.47 Å². The minimum atomic E-state index is -0.441. The Bertz CT molecular complexity index is 186. The van der Waals surface area contributed by atoms with Crippen LogP contribution in [0.5, 0.6) is 0 Å². The summed E-state index contributed by atoms with van der Waals surface area (Å²) in [4.78, 5) is 0. The van der Waals surface area contributed by atoms with E-state index in [0.717, 1.165) is 19.6 Å². The second-order valence-electron chi connectivity index (χ2n) is 5.38. The SMILES string of the molecule is CCCCCCOCC(O)CNCC(C)(C)OC. The molecule has 0 fully saturated rings. The summed E-state index contributed by atoms with van der Waals surface area (Å²) in [6.45, 7) is 8.64. The maximum absolute atomic E-state index is 9.69. The third-order valence-electron chi connectivity index (χ3n) is 2.94. The number of hydrogen-bond donors (Lipinski definition) is 2. The van der Waals surface area contributed by atoms with Crippen molar-refractivity contribution in [2.75, 3.05) is 33.4 Å². The van der Waals surface area contributed by atoms with Gasteiger partial charge in [0.2, 0.25) is 0 Å². The molecule has 0 aromatic heterocycles. The predicted molar refractivity (Wildman–Crippen MR) is 74.9 cm³/mol. The highest BCUT2D eigenvalue weighted by Crippen LogP contribution is 2.04. The standard InChI is InChI=1S/C14H31NO3/c1-5-6-7-8-9-18-11-13(16)10-15-12-14(2,3)17-4/h13,15-16H,5-12H2,1-4H3. The van der Waals surface area contributed by atoms with Crippen molar-refractivity contribution in [3.05, 3.63) is 0 Å². The van der Waals surface area contributed by atoms with Crippen LogP contribution in [0.4, 0.5) is 0 Å². The molecule has 0 bridgehead atoms. The lowest BCUT2D eigenvalue weighted by Gasteiger charge is -2.24. The summed E-state index contributed by atoms with van der Waals surface area (Å²) in [7, 11) is 1.69. The second-order valence-corrected chi connectivity index (χ2v) is 5.38. The van der Waals surface area contributed by atoms with Crippen LogP contribution in [0, 0.1) is 0 Å². The fourth-order valence-corrected chi connectivity index (χ4v) is 1.52. The molecule has 0 saturated heterocycles. The molecule has 2 N–H and O–H groups in total.